The third-order valence-electron chi connectivity index (χ3n) is 6.85. The molecule has 0 atom stereocenters. The number of aromatic nitrogens is 4. The molecular formula is C31H26N4O5S. The zero-order valence-electron chi connectivity index (χ0n) is 22.2. The van der Waals surface area contributed by atoms with Crippen molar-refractivity contribution in [3.8, 4) is 28.3 Å². The Morgan fingerprint density at radius 3 is 2.34 bits per heavy atom. The highest BCUT2D eigenvalue weighted by Gasteiger charge is 2.17. The van der Waals surface area contributed by atoms with Gasteiger partial charge in [-0.3, -0.25) is 23.4 Å². The van der Waals surface area contributed by atoms with Gasteiger partial charge in [0.2, 0.25) is 0 Å². The summed E-state index contributed by atoms with van der Waals surface area (Å²) < 4.78 is 13.4. The van der Waals surface area contributed by atoms with Crippen molar-refractivity contribution in [2.75, 3.05) is 6.61 Å². The van der Waals surface area contributed by atoms with Crippen molar-refractivity contribution < 1.29 is 9.26 Å². The fourth-order valence-corrected chi connectivity index (χ4v) is 5.87. The molecule has 6 aromatic rings. The van der Waals surface area contributed by atoms with Gasteiger partial charge in [0.15, 0.2) is 5.82 Å². The second-order valence-corrected chi connectivity index (χ2v) is 10.6. The molecule has 0 aliphatic carbocycles. The van der Waals surface area contributed by atoms with Crippen molar-refractivity contribution in [1.29, 1.82) is 0 Å². The Balaban J connectivity index is 1.33. The maximum Gasteiger partial charge on any atom is 0.439 e. The maximum absolute atomic E-state index is 13.7. The number of hydrogen-bond acceptors (Lipinski definition) is 7. The van der Waals surface area contributed by atoms with Gasteiger partial charge in [-0.05, 0) is 41.3 Å². The molecule has 10 heteroatoms. The standard InChI is InChI=1S/C31H26N4O5S/c1-2-23-18-26-28(36)34(16-17-39-22-8-4-3-5-9-22)31(38)35(29(26)41-23)19-20-12-14-21(15-13-20)24-10-6-7-11-25(24)27-32-30(37)40-33-27/h3-15,18H,2,16-17,19H2,1H3,(H,32,33,37). The molecule has 3 heterocycles. The number of fused-ring (bicyclic) bond motifs is 1. The Kier molecular flexibility index (Phi) is 7.22. The molecule has 0 fully saturated rings. The van der Waals surface area contributed by atoms with Crippen LogP contribution in [0.1, 0.15) is 17.4 Å². The normalized spacial score (nSPS) is 11.2. The minimum Gasteiger partial charge on any atom is -0.492 e. The van der Waals surface area contributed by atoms with Crippen molar-refractivity contribution in [2.24, 2.45) is 0 Å². The molecule has 3 aromatic heterocycles. The summed E-state index contributed by atoms with van der Waals surface area (Å²) in [5.41, 5.74) is 2.76. The summed E-state index contributed by atoms with van der Waals surface area (Å²) in [7, 11) is 0. The molecule has 6 rings (SSSR count). The number of para-hydroxylation sites is 1. The van der Waals surface area contributed by atoms with Crippen LogP contribution in [0.25, 0.3) is 32.7 Å². The molecule has 0 spiro atoms. The highest BCUT2D eigenvalue weighted by Crippen LogP contribution is 2.30. The largest absolute Gasteiger partial charge is 0.492 e. The van der Waals surface area contributed by atoms with E-state index in [9.17, 15) is 14.4 Å². The zero-order chi connectivity index (χ0) is 28.3. The van der Waals surface area contributed by atoms with Gasteiger partial charge in [-0.25, -0.2) is 9.59 Å². The monoisotopic (exact) mass is 566 g/mol. The average molecular weight is 567 g/mol. The van der Waals surface area contributed by atoms with Gasteiger partial charge in [-0.2, -0.15) is 0 Å². The molecule has 0 unspecified atom stereocenters. The fourth-order valence-electron chi connectivity index (χ4n) is 4.79. The fraction of sp³-hybridized carbons (Fsp3) is 0.161. The highest BCUT2D eigenvalue weighted by molar-refractivity contribution is 7.18. The predicted octanol–water partition coefficient (Wildman–Crippen LogP) is 4.92. The van der Waals surface area contributed by atoms with Crippen molar-refractivity contribution >= 4 is 21.6 Å². The van der Waals surface area contributed by atoms with Crippen LogP contribution in [-0.4, -0.2) is 25.9 Å². The van der Waals surface area contributed by atoms with Crippen LogP contribution in [0, 0.1) is 0 Å². The lowest BCUT2D eigenvalue weighted by molar-refractivity contribution is 0.292. The number of nitrogens with zero attached hydrogens (tertiary/aromatic N) is 3. The first-order chi connectivity index (χ1) is 20.0. The van der Waals surface area contributed by atoms with Crippen molar-refractivity contribution in [3.05, 3.63) is 127 Å². The van der Waals surface area contributed by atoms with Gasteiger partial charge in [0.1, 0.15) is 17.2 Å². The van der Waals surface area contributed by atoms with E-state index in [1.54, 1.807) is 4.57 Å². The molecule has 0 amide bonds. The lowest BCUT2D eigenvalue weighted by Gasteiger charge is -2.13. The van der Waals surface area contributed by atoms with Crippen molar-refractivity contribution in [2.45, 2.75) is 26.4 Å². The lowest BCUT2D eigenvalue weighted by Crippen LogP contribution is -2.41. The number of aryl methyl sites for hydroxylation is 1. The summed E-state index contributed by atoms with van der Waals surface area (Å²) in [5, 5.41) is 4.37. The second-order valence-electron chi connectivity index (χ2n) is 9.46. The van der Waals surface area contributed by atoms with Gasteiger partial charge in [0, 0.05) is 10.4 Å². The predicted molar refractivity (Wildman–Crippen MR) is 159 cm³/mol. The number of H-pyrrole nitrogens is 1. The Morgan fingerprint density at radius 2 is 1.63 bits per heavy atom. The van der Waals surface area contributed by atoms with E-state index in [0.29, 0.717) is 28.3 Å². The van der Waals surface area contributed by atoms with Gasteiger partial charge in [0.25, 0.3) is 5.56 Å². The summed E-state index contributed by atoms with van der Waals surface area (Å²) in [5.74, 6) is 0.420. The third kappa shape index (κ3) is 5.29. The van der Waals surface area contributed by atoms with Crippen LogP contribution in [0.2, 0.25) is 0 Å². The number of thiophene rings is 1. The summed E-state index contributed by atoms with van der Waals surface area (Å²) in [6.45, 7) is 2.67. The first kappa shape index (κ1) is 26.3. The Morgan fingerprint density at radius 1 is 0.902 bits per heavy atom. The first-order valence-corrected chi connectivity index (χ1v) is 14.0. The summed E-state index contributed by atoms with van der Waals surface area (Å²) in [4.78, 5) is 42.8. The second kappa shape index (κ2) is 11.3. The van der Waals surface area contributed by atoms with E-state index in [0.717, 1.165) is 33.6 Å². The SMILES string of the molecule is CCc1cc2c(=O)n(CCOc3ccccc3)c(=O)n(Cc3ccc(-c4ccccc4-c4noc(=O)[nH]4)cc3)c2s1. The molecule has 1 N–H and O–H groups in total. The maximum atomic E-state index is 13.7. The molecule has 0 radical (unpaired) electrons. The Labute approximate surface area is 237 Å². The molecule has 0 saturated heterocycles. The molecule has 0 bridgehead atoms. The van der Waals surface area contributed by atoms with Crippen LogP contribution in [0.5, 0.6) is 5.75 Å². The zero-order valence-corrected chi connectivity index (χ0v) is 23.0. The van der Waals surface area contributed by atoms with Crippen LogP contribution in [0.3, 0.4) is 0 Å². The molecule has 0 saturated carbocycles. The van der Waals surface area contributed by atoms with E-state index in [-0.39, 0.29) is 24.4 Å². The number of ether oxygens (including phenoxy) is 1. The van der Waals surface area contributed by atoms with Crippen molar-refractivity contribution in [1.82, 2.24) is 19.3 Å². The molecule has 0 aliphatic rings. The molecular weight excluding hydrogens is 540 g/mol. The van der Waals surface area contributed by atoms with E-state index in [1.807, 2.05) is 91.9 Å². The number of aromatic amines is 1. The molecule has 206 valence electrons. The summed E-state index contributed by atoms with van der Waals surface area (Å²) in [6, 6.07) is 26.6. The smallest absolute Gasteiger partial charge is 0.439 e. The van der Waals surface area contributed by atoms with Crippen molar-refractivity contribution in [3.63, 3.8) is 0 Å². The van der Waals surface area contributed by atoms with E-state index in [2.05, 4.69) is 10.1 Å². The first-order valence-electron chi connectivity index (χ1n) is 13.2. The summed E-state index contributed by atoms with van der Waals surface area (Å²) in [6.07, 6.45) is 0.773. The van der Waals surface area contributed by atoms with Crippen LogP contribution in [0.15, 0.2) is 104 Å². The average Bonchev–Trinajstić information content (AvgIpc) is 3.64. The minimum absolute atomic E-state index is 0.139. The summed E-state index contributed by atoms with van der Waals surface area (Å²) >= 11 is 1.48. The number of rotatable bonds is 9. The van der Waals surface area contributed by atoms with Gasteiger partial charge in [-0.15, -0.1) is 11.3 Å². The van der Waals surface area contributed by atoms with E-state index in [1.165, 1.54) is 15.9 Å². The number of hydrogen-bond donors (Lipinski definition) is 1. The molecule has 0 aliphatic heterocycles. The highest BCUT2D eigenvalue weighted by atomic mass is 32.1. The Hall–Kier alpha value is -4.96. The number of benzene rings is 3. The topological polar surface area (TPSA) is 112 Å². The van der Waals surface area contributed by atoms with E-state index in [4.69, 9.17) is 9.26 Å². The number of nitrogens with one attached hydrogen (secondary N) is 1. The third-order valence-corrected chi connectivity index (χ3v) is 8.15. The molecule has 41 heavy (non-hydrogen) atoms. The minimum atomic E-state index is -0.616. The lowest BCUT2D eigenvalue weighted by atomic mass is 9.98. The van der Waals surface area contributed by atoms with Crippen LogP contribution < -0.4 is 21.7 Å². The molecule has 3 aromatic carbocycles. The Bertz CT molecular complexity index is 2000. The van der Waals surface area contributed by atoms with Crippen LogP contribution >= 0.6 is 11.3 Å². The van der Waals surface area contributed by atoms with Gasteiger partial charge < -0.3 is 4.74 Å². The quantitative estimate of drug-likeness (QED) is 0.266. The van der Waals surface area contributed by atoms with Crippen LogP contribution in [0.4, 0.5) is 0 Å². The molecule has 9 nitrogen and oxygen atoms in total. The van der Waals surface area contributed by atoms with Gasteiger partial charge in [-0.1, -0.05) is 78.8 Å². The van der Waals surface area contributed by atoms with Gasteiger partial charge >= 0.3 is 11.4 Å². The van der Waals surface area contributed by atoms with E-state index < -0.39 is 5.76 Å². The van der Waals surface area contributed by atoms with E-state index >= 15 is 0 Å². The van der Waals surface area contributed by atoms with Gasteiger partial charge in [0.05, 0.1) is 18.5 Å². The van der Waals surface area contributed by atoms with Crippen LogP contribution in [-0.2, 0) is 19.5 Å².